The number of para-hydroxylation sites is 3. The molecule has 0 aliphatic heterocycles. The lowest BCUT2D eigenvalue weighted by Gasteiger charge is -2.12. The van der Waals surface area contributed by atoms with Crippen LogP contribution in [0.3, 0.4) is 0 Å². The largest absolute Gasteiger partial charge is 0.491 e. The van der Waals surface area contributed by atoms with Gasteiger partial charge in [-0.05, 0) is 61.6 Å². The number of carbonyl (C=O) groups is 1. The average molecular weight is 470 g/mol. The van der Waals surface area contributed by atoms with Crippen molar-refractivity contribution in [1.82, 2.24) is 14.9 Å². The van der Waals surface area contributed by atoms with Crippen molar-refractivity contribution in [2.45, 2.75) is 52.5 Å². The highest BCUT2D eigenvalue weighted by Gasteiger charge is 2.11. The van der Waals surface area contributed by atoms with E-state index in [0.29, 0.717) is 19.6 Å². The van der Waals surface area contributed by atoms with Crippen LogP contribution in [0.25, 0.3) is 11.0 Å². The maximum absolute atomic E-state index is 12.3. The molecule has 3 aromatic carbocycles. The number of benzene rings is 3. The second kappa shape index (κ2) is 12.2. The van der Waals surface area contributed by atoms with Gasteiger partial charge in [-0.1, -0.05) is 61.0 Å². The zero-order chi connectivity index (χ0) is 24.5. The summed E-state index contributed by atoms with van der Waals surface area (Å²) >= 11 is 0. The van der Waals surface area contributed by atoms with Crippen molar-refractivity contribution in [1.29, 1.82) is 0 Å². The van der Waals surface area contributed by atoms with Crippen LogP contribution in [0.5, 0.6) is 5.75 Å². The molecule has 5 nitrogen and oxygen atoms in total. The number of fused-ring (bicyclic) bond motifs is 1. The number of amides is 1. The first-order valence-electron chi connectivity index (χ1n) is 12.6. The van der Waals surface area contributed by atoms with E-state index in [2.05, 4.69) is 41.1 Å². The van der Waals surface area contributed by atoms with Crippen LogP contribution in [0.15, 0.2) is 72.8 Å². The molecule has 1 N–H and O–H groups in total. The van der Waals surface area contributed by atoms with Crippen LogP contribution in [-0.2, 0) is 24.2 Å². The molecule has 0 radical (unpaired) electrons. The lowest BCUT2D eigenvalue weighted by molar-refractivity contribution is -0.120. The zero-order valence-electron chi connectivity index (χ0n) is 20.8. The lowest BCUT2D eigenvalue weighted by atomic mass is 10.1. The van der Waals surface area contributed by atoms with Crippen LogP contribution in [0.1, 0.15) is 41.8 Å². The van der Waals surface area contributed by atoms with Gasteiger partial charge in [0.1, 0.15) is 18.2 Å². The van der Waals surface area contributed by atoms with Crippen molar-refractivity contribution in [2.75, 3.05) is 13.2 Å². The van der Waals surface area contributed by atoms with E-state index in [0.717, 1.165) is 71.5 Å². The molecule has 5 heteroatoms. The summed E-state index contributed by atoms with van der Waals surface area (Å²) in [6.07, 6.45) is 4.41. The zero-order valence-corrected chi connectivity index (χ0v) is 20.8. The minimum Gasteiger partial charge on any atom is -0.491 e. The molecule has 1 heterocycles. The highest BCUT2D eigenvalue weighted by molar-refractivity contribution is 5.78. The molecule has 1 aromatic heterocycles. The third-order valence-electron chi connectivity index (χ3n) is 6.41. The Morgan fingerprint density at radius 3 is 2.46 bits per heavy atom. The quantitative estimate of drug-likeness (QED) is 0.267. The second-order valence-electron chi connectivity index (χ2n) is 9.05. The van der Waals surface area contributed by atoms with Crippen LogP contribution in [0, 0.1) is 13.8 Å². The SMILES string of the molecule is Cc1ccccc1CC(=O)NCCCCCc1nc2ccccc2n1CCOc1ccccc1C. The van der Waals surface area contributed by atoms with Gasteiger partial charge in [-0.3, -0.25) is 4.79 Å². The van der Waals surface area contributed by atoms with E-state index in [1.165, 1.54) is 0 Å². The molecule has 0 saturated heterocycles. The van der Waals surface area contributed by atoms with Gasteiger partial charge < -0.3 is 14.6 Å². The van der Waals surface area contributed by atoms with Gasteiger partial charge in [-0.15, -0.1) is 0 Å². The number of aromatic nitrogens is 2. The Labute approximate surface area is 208 Å². The molecule has 182 valence electrons. The molecule has 0 saturated carbocycles. The first kappa shape index (κ1) is 24.5. The molecule has 0 spiro atoms. The van der Waals surface area contributed by atoms with Crippen molar-refractivity contribution in [3.63, 3.8) is 0 Å². The first-order valence-corrected chi connectivity index (χ1v) is 12.6. The van der Waals surface area contributed by atoms with E-state index < -0.39 is 0 Å². The summed E-state index contributed by atoms with van der Waals surface area (Å²) < 4.78 is 8.34. The van der Waals surface area contributed by atoms with E-state index in [-0.39, 0.29) is 5.91 Å². The molecule has 35 heavy (non-hydrogen) atoms. The number of aryl methyl sites for hydroxylation is 3. The fourth-order valence-corrected chi connectivity index (χ4v) is 4.39. The molecule has 0 aliphatic carbocycles. The summed E-state index contributed by atoms with van der Waals surface area (Å²) in [7, 11) is 0. The first-order chi connectivity index (χ1) is 17.1. The van der Waals surface area contributed by atoms with Crippen molar-refractivity contribution >= 4 is 16.9 Å². The highest BCUT2D eigenvalue weighted by Crippen LogP contribution is 2.20. The monoisotopic (exact) mass is 469 g/mol. The minimum absolute atomic E-state index is 0.0924. The van der Waals surface area contributed by atoms with Gasteiger partial charge in [-0.25, -0.2) is 4.98 Å². The summed E-state index contributed by atoms with van der Waals surface area (Å²) in [4.78, 5) is 17.1. The number of ether oxygens (including phenoxy) is 1. The Morgan fingerprint density at radius 2 is 1.63 bits per heavy atom. The van der Waals surface area contributed by atoms with E-state index in [9.17, 15) is 4.79 Å². The third-order valence-corrected chi connectivity index (χ3v) is 6.41. The van der Waals surface area contributed by atoms with Crippen LogP contribution >= 0.6 is 0 Å². The number of nitrogens with one attached hydrogen (secondary N) is 1. The summed E-state index contributed by atoms with van der Waals surface area (Å²) in [5.74, 6) is 2.13. The van der Waals surface area contributed by atoms with Gasteiger partial charge in [0.2, 0.25) is 5.91 Å². The topological polar surface area (TPSA) is 56.2 Å². The van der Waals surface area contributed by atoms with Gasteiger partial charge >= 0.3 is 0 Å². The number of hydrogen-bond acceptors (Lipinski definition) is 3. The predicted octanol–water partition coefficient (Wildman–Crippen LogP) is 5.80. The molecule has 1 amide bonds. The minimum atomic E-state index is 0.0924. The fraction of sp³-hybridized carbons (Fsp3) is 0.333. The van der Waals surface area contributed by atoms with Crippen molar-refractivity contribution in [3.8, 4) is 5.75 Å². The molecule has 0 bridgehead atoms. The Morgan fingerprint density at radius 1 is 0.886 bits per heavy atom. The van der Waals surface area contributed by atoms with E-state index in [1.54, 1.807) is 0 Å². The molecule has 0 aliphatic rings. The standard InChI is InChI=1S/C30H35N3O2/c1-23-12-5-7-14-25(23)22-30(34)31-19-11-3-4-18-29-32-26-15-8-9-16-27(26)33(29)20-21-35-28-17-10-6-13-24(28)2/h5-10,12-17H,3-4,11,18-22H2,1-2H3,(H,31,34). The molecular weight excluding hydrogens is 434 g/mol. The molecule has 4 rings (SSSR count). The summed E-state index contributed by atoms with van der Waals surface area (Å²) in [6, 6.07) is 24.5. The number of unbranched alkanes of at least 4 members (excludes halogenated alkanes) is 2. The van der Waals surface area contributed by atoms with Crippen molar-refractivity contribution < 1.29 is 9.53 Å². The van der Waals surface area contributed by atoms with Crippen molar-refractivity contribution in [2.24, 2.45) is 0 Å². The molecule has 0 atom stereocenters. The van der Waals surface area contributed by atoms with Crippen LogP contribution in [-0.4, -0.2) is 28.6 Å². The third kappa shape index (κ3) is 6.72. The van der Waals surface area contributed by atoms with Gasteiger partial charge in [0, 0.05) is 13.0 Å². The Balaban J connectivity index is 1.24. The second-order valence-corrected chi connectivity index (χ2v) is 9.05. The van der Waals surface area contributed by atoms with E-state index in [4.69, 9.17) is 9.72 Å². The fourth-order valence-electron chi connectivity index (χ4n) is 4.39. The number of rotatable bonds is 12. The van der Waals surface area contributed by atoms with Crippen molar-refractivity contribution in [3.05, 3.63) is 95.3 Å². The smallest absolute Gasteiger partial charge is 0.224 e. The van der Waals surface area contributed by atoms with Crippen LogP contribution in [0.4, 0.5) is 0 Å². The van der Waals surface area contributed by atoms with Crippen LogP contribution in [0.2, 0.25) is 0 Å². The molecule has 0 unspecified atom stereocenters. The number of nitrogens with zero attached hydrogens (tertiary/aromatic N) is 2. The van der Waals surface area contributed by atoms with Crippen LogP contribution < -0.4 is 10.1 Å². The summed E-state index contributed by atoms with van der Waals surface area (Å²) in [6.45, 7) is 6.19. The van der Waals surface area contributed by atoms with Gasteiger partial charge in [0.15, 0.2) is 0 Å². The summed E-state index contributed by atoms with van der Waals surface area (Å²) in [5, 5.41) is 3.06. The van der Waals surface area contributed by atoms with Gasteiger partial charge in [0.05, 0.1) is 24.0 Å². The lowest BCUT2D eigenvalue weighted by Crippen LogP contribution is -2.26. The molecule has 0 fully saturated rings. The van der Waals surface area contributed by atoms with E-state index in [1.807, 2.05) is 55.5 Å². The van der Waals surface area contributed by atoms with E-state index >= 15 is 0 Å². The molecule has 4 aromatic rings. The maximum atomic E-state index is 12.3. The number of imidazole rings is 1. The molecular formula is C30H35N3O2. The summed E-state index contributed by atoms with van der Waals surface area (Å²) in [5.41, 5.74) is 5.58. The maximum Gasteiger partial charge on any atom is 0.224 e. The van der Waals surface area contributed by atoms with Gasteiger partial charge in [0.25, 0.3) is 0 Å². The predicted molar refractivity (Wildman–Crippen MR) is 142 cm³/mol. The highest BCUT2D eigenvalue weighted by atomic mass is 16.5. The Bertz CT molecular complexity index is 1260. The average Bonchev–Trinajstić information content (AvgIpc) is 3.21. The Hall–Kier alpha value is -3.60. The number of carbonyl (C=O) groups excluding carboxylic acids is 1. The Kier molecular flexibility index (Phi) is 8.55. The van der Waals surface area contributed by atoms with Gasteiger partial charge in [-0.2, -0.15) is 0 Å². The number of hydrogen-bond donors (Lipinski definition) is 1. The normalized spacial score (nSPS) is 11.0.